The molecule has 110 valence electrons. The van der Waals surface area contributed by atoms with Gasteiger partial charge in [0.25, 0.3) is 5.91 Å². The van der Waals surface area contributed by atoms with E-state index in [1.807, 2.05) is 6.92 Å². The highest BCUT2D eigenvalue weighted by atomic mass is 35.5. The molecular weight excluding hydrogens is 303 g/mol. The van der Waals surface area contributed by atoms with Crippen LogP contribution in [0.15, 0.2) is 18.2 Å². The molecule has 5 nitrogen and oxygen atoms in total. The van der Waals surface area contributed by atoms with Gasteiger partial charge in [-0.1, -0.05) is 30.1 Å². The number of hydrogen-bond acceptors (Lipinski definition) is 3. The Kier molecular flexibility index (Phi) is 7.18. The highest BCUT2D eigenvalue weighted by Crippen LogP contribution is 2.26. The zero-order valence-corrected chi connectivity index (χ0v) is 12.6. The van der Waals surface area contributed by atoms with Crippen LogP contribution in [-0.2, 0) is 9.59 Å². The number of carbonyl (C=O) groups is 2. The molecule has 0 radical (unpaired) electrons. The molecule has 1 aromatic rings. The lowest BCUT2D eigenvalue weighted by Gasteiger charge is -2.08. The number of hydrogen-bond donors (Lipinski definition) is 2. The van der Waals surface area contributed by atoms with E-state index in [4.69, 9.17) is 27.9 Å². The Morgan fingerprint density at radius 2 is 1.90 bits per heavy atom. The first-order chi connectivity index (χ1) is 9.52. The summed E-state index contributed by atoms with van der Waals surface area (Å²) >= 11 is 11.6. The van der Waals surface area contributed by atoms with Crippen molar-refractivity contribution in [2.45, 2.75) is 13.3 Å². The fourth-order valence-corrected chi connectivity index (χ4v) is 1.56. The molecule has 0 aliphatic carbocycles. The fourth-order valence-electron chi connectivity index (χ4n) is 1.27. The molecule has 0 heterocycles. The summed E-state index contributed by atoms with van der Waals surface area (Å²) in [4.78, 5) is 22.7. The third-order valence-electron chi connectivity index (χ3n) is 2.28. The van der Waals surface area contributed by atoms with Crippen LogP contribution in [0.25, 0.3) is 0 Å². The predicted octanol–water partition coefficient (Wildman–Crippen LogP) is 2.01. The van der Waals surface area contributed by atoms with Crippen molar-refractivity contribution in [3.05, 3.63) is 28.2 Å². The topological polar surface area (TPSA) is 67.4 Å². The monoisotopic (exact) mass is 318 g/mol. The number of amides is 2. The second-order valence-electron chi connectivity index (χ2n) is 3.99. The normalized spacial score (nSPS) is 9.95. The van der Waals surface area contributed by atoms with Crippen LogP contribution in [0.3, 0.4) is 0 Å². The Hall–Kier alpha value is -1.46. The van der Waals surface area contributed by atoms with E-state index in [-0.39, 0.29) is 25.0 Å². The Morgan fingerprint density at radius 1 is 1.15 bits per heavy atom. The van der Waals surface area contributed by atoms with Gasteiger partial charge in [0.05, 0.1) is 16.6 Å². The molecule has 0 bridgehead atoms. The summed E-state index contributed by atoms with van der Waals surface area (Å²) in [5, 5.41) is 5.86. The smallest absolute Gasteiger partial charge is 0.258 e. The lowest BCUT2D eigenvalue weighted by atomic mass is 10.3. The highest BCUT2D eigenvalue weighted by molar-refractivity contribution is 6.42. The molecule has 0 aliphatic rings. The number of benzene rings is 1. The maximum Gasteiger partial charge on any atom is 0.258 e. The van der Waals surface area contributed by atoms with Crippen LogP contribution >= 0.6 is 23.2 Å². The van der Waals surface area contributed by atoms with Crippen molar-refractivity contribution in [1.29, 1.82) is 0 Å². The van der Waals surface area contributed by atoms with Crippen LogP contribution in [0, 0.1) is 0 Å². The molecule has 0 aliphatic heterocycles. The van der Waals surface area contributed by atoms with E-state index in [9.17, 15) is 9.59 Å². The van der Waals surface area contributed by atoms with Gasteiger partial charge in [0, 0.05) is 12.6 Å². The first-order valence-corrected chi connectivity index (χ1v) is 6.89. The molecule has 2 N–H and O–H groups in total. The average Bonchev–Trinajstić information content (AvgIpc) is 2.44. The van der Waals surface area contributed by atoms with Gasteiger partial charge in [-0.3, -0.25) is 9.59 Å². The van der Waals surface area contributed by atoms with Gasteiger partial charge < -0.3 is 15.4 Å². The Bertz CT molecular complexity index is 481. The van der Waals surface area contributed by atoms with Crippen molar-refractivity contribution in [2.75, 3.05) is 19.7 Å². The summed E-state index contributed by atoms with van der Waals surface area (Å²) in [6.07, 6.45) is 0.847. The molecular formula is C13H16Cl2N2O3. The van der Waals surface area contributed by atoms with Gasteiger partial charge in [-0.25, -0.2) is 0 Å². The molecule has 20 heavy (non-hydrogen) atoms. The quantitative estimate of drug-likeness (QED) is 0.808. The molecule has 1 aromatic carbocycles. The van der Waals surface area contributed by atoms with E-state index >= 15 is 0 Å². The second kappa shape index (κ2) is 8.66. The summed E-state index contributed by atoms with van der Waals surface area (Å²) in [6.45, 7) is 2.28. The molecule has 7 heteroatoms. The minimum atomic E-state index is -0.386. The van der Waals surface area contributed by atoms with Crippen LogP contribution in [0.4, 0.5) is 0 Å². The van der Waals surface area contributed by atoms with Gasteiger partial charge in [-0.05, 0) is 18.6 Å². The summed E-state index contributed by atoms with van der Waals surface area (Å²) in [6, 6.07) is 4.70. The number of halogens is 2. The lowest BCUT2D eigenvalue weighted by Crippen LogP contribution is -2.39. The van der Waals surface area contributed by atoms with E-state index < -0.39 is 0 Å². The van der Waals surface area contributed by atoms with Crippen molar-refractivity contribution in [3.8, 4) is 5.75 Å². The average molecular weight is 319 g/mol. The standard InChI is InChI=1S/C13H16Cl2N2O3/c1-2-5-16-12(18)7-17-13(19)8-20-9-3-4-10(14)11(15)6-9/h3-4,6H,2,5,7-8H2,1H3,(H,16,18)(H,17,19). The zero-order valence-electron chi connectivity index (χ0n) is 11.0. The van der Waals surface area contributed by atoms with Crippen molar-refractivity contribution in [2.24, 2.45) is 0 Å². The van der Waals surface area contributed by atoms with Crippen LogP contribution in [0.1, 0.15) is 13.3 Å². The van der Waals surface area contributed by atoms with E-state index in [0.717, 1.165) is 6.42 Å². The minimum Gasteiger partial charge on any atom is -0.484 e. The van der Waals surface area contributed by atoms with E-state index in [1.165, 1.54) is 6.07 Å². The van der Waals surface area contributed by atoms with Crippen LogP contribution in [0.2, 0.25) is 10.0 Å². The maximum atomic E-state index is 11.5. The highest BCUT2D eigenvalue weighted by Gasteiger charge is 2.06. The van der Waals surface area contributed by atoms with Crippen LogP contribution < -0.4 is 15.4 Å². The first kappa shape index (κ1) is 16.6. The third-order valence-corrected chi connectivity index (χ3v) is 3.02. The summed E-state index contributed by atoms with van der Waals surface area (Å²) in [5.74, 6) is -0.178. The molecule has 0 spiro atoms. The number of rotatable bonds is 7. The minimum absolute atomic E-state index is 0.0659. The second-order valence-corrected chi connectivity index (χ2v) is 4.81. The molecule has 0 fully saturated rings. The molecule has 1 rings (SSSR count). The van der Waals surface area contributed by atoms with Gasteiger partial charge in [0.15, 0.2) is 6.61 Å². The van der Waals surface area contributed by atoms with E-state index in [0.29, 0.717) is 22.3 Å². The molecule has 0 unspecified atom stereocenters. The van der Waals surface area contributed by atoms with Gasteiger partial charge in [-0.2, -0.15) is 0 Å². The van der Waals surface area contributed by atoms with Crippen molar-refractivity contribution >= 4 is 35.0 Å². The van der Waals surface area contributed by atoms with Gasteiger partial charge >= 0.3 is 0 Å². The maximum absolute atomic E-state index is 11.5. The van der Waals surface area contributed by atoms with Crippen molar-refractivity contribution < 1.29 is 14.3 Å². The number of ether oxygens (including phenoxy) is 1. The van der Waals surface area contributed by atoms with E-state index in [1.54, 1.807) is 12.1 Å². The fraction of sp³-hybridized carbons (Fsp3) is 0.385. The summed E-state index contributed by atoms with van der Waals surface area (Å²) in [7, 11) is 0. The van der Waals surface area contributed by atoms with Gasteiger partial charge in [0.2, 0.25) is 5.91 Å². The van der Waals surface area contributed by atoms with Crippen molar-refractivity contribution in [3.63, 3.8) is 0 Å². The van der Waals surface area contributed by atoms with Crippen LogP contribution in [-0.4, -0.2) is 31.5 Å². The zero-order chi connectivity index (χ0) is 15.0. The molecule has 0 saturated carbocycles. The SMILES string of the molecule is CCCNC(=O)CNC(=O)COc1ccc(Cl)c(Cl)c1. The Labute approximate surface area is 127 Å². The first-order valence-electron chi connectivity index (χ1n) is 6.14. The Morgan fingerprint density at radius 3 is 2.55 bits per heavy atom. The largest absolute Gasteiger partial charge is 0.484 e. The van der Waals surface area contributed by atoms with E-state index in [2.05, 4.69) is 10.6 Å². The molecule has 0 atom stereocenters. The van der Waals surface area contributed by atoms with Crippen molar-refractivity contribution in [1.82, 2.24) is 10.6 Å². The third kappa shape index (κ3) is 6.12. The van der Waals surface area contributed by atoms with Gasteiger partial charge in [-0.15, -0.1) is 0 Å². The Balaban J connectivity index is 2.29. The molecule has 2 amide bonds. The molecule has 0 saturated heterocycles. The lowest BCUT2D eigenvalue weighted by molar-refractivity contribution is -0.127. The molecule has 0 aromatic heterocycles. The van der Waals surface area contributed by atoms with Gasteiger partial charge in [0.1, 0.15) is 5.75 Å². The number of nitrogens with one attached hydrogen (secondary N) is 2. The predicted molar refractivity (Wildman–Crippen MR) is 78.3 cm³/mol. The summed E-state index contributed by atoms with van der Waals surface area (Å²) in [5.41, 5.74) is 0. The number of carbonyl (C=O) groups excluding carboxylic acids is 2. The van der Waals surface area contributed by atoms with Crippen LogP contribution in [0.5, 0.6) is 5.75 Å². The summed E-state index contributed by atoms with van der Waals surface area (Å²) < 4.78 is 5.23.